The largest absolute Gasteiger partial charge is 0.491 e. The highest BCUT2D eigenvalue weighted by Crippen LogP contribution is 2.34. The Hall–Kier alpha value is -6.00. The summed E-state index contributed by atoms with van der Waals surface area (Å²) in [4.78, 5) is 20.7. The molecule has 4 aromatic carbocycles. The van der Waals surface area contributed by atoms with Gasteiger partial charge in [0, 0.05) is 17.5 Å². The van der Waals surface area contributed by atoms with Crippen molar-refractivity contribution < 1.29 is 128 Å². The van der Waals surface area contributed by atoms with Crippen molar-refractivity contribution in [2.45, 2.75) is 429 Å². The molecule has 0 spiro atoms. The lowest BCUT2D eigenvalue weighted by Crippen LogP contribution is -2.29. The minimum atomic E-state index is -0.0882. The van der Waals surface area contributed by atoms with Gasteiger partial charge in [-0.1, -0.05) is 63.2 Å². The molecule has 1 atom stereocenters. The molecule has 6 rings (SSSR count). The van der Waals surface area contributed by atoms with Crippen LogP contribution < -0.4 is 33.2 Å². The Labute approximate surface area is 850 Å². The first-order chi connectivity index (χ1) is 66.2. The highest BCUT2D eigenvalue weighted by molar-refractivity contribution is 5.42. The van der Waals surface area contributed by atoms with Crippen molar-refractivity contribution in [1.82, 2.24) is 0 Å². The summed E-state index contributed by atoms with van der Waals surface area (Å²) in [6.45, 7) is 86.2. The molecule has 0 aliphatic heterocycles. The molecule has 1 aliphatic carbocycles. The van der Waals surface area contributed by atoms with Gasteiger partial charge in [0.15, 0.2) is 11.5 Å². The fraction of sp³-hybridized carbons (Fsp3) is 0.752. The first-order valence-corrected chi connectivity index (χ1v) is 52.0. The van der Waals surface area contributed by atoms with Crippen LogP contribution in [0, 0.1) is 0 Å². The standard InChI is InChI=1S/C25H36O4.C21H36O6.C16H26O4.C14H24O5.C12H24O2.C10H22O2.C8H18O2.C7H16O2/c1-19(2)26-17-18-27-24-13-11-23(12-14-24)25(5,6)22-9-7-21(8-10-22)15-16-28-29-20(3)4;1-16(2)22-9-11-24-20-13-19(7-8-26-27-18(5)6)14-21(15-20)25-12-10-23-17(3)4;1-13(2)17-8-10-19-15-6-5-7-16(12-15)20-11-9-18-14(3)4;1-11(2)16-5-7-18-13-9-15-10-14(13)19-8-6-17-12(3)4;1-9(2)13-11-5-7-12(8-6-11)14-10(3)4;1-6-10(12-9(4)5)7-11-8(2)3;1-7(2)9-5-6-10-8(3)4;1-6(2)8-5-9-7(3)4/h7-14,19-20H,15-18H2,1-6H3;13-18H,7-12H2,1-6H3;5-7,12-14H,8-11H2,1-4H3;9-12H,5-8H2,1-4H3;9-12H,5-8H2,1-4H3;8-10H,6-7H2,1-5H3;7-8H,5-6H2,1-4H3;6-7H,5H2,1-4H3. The number of benzene rings is 4. The van der Waals surface area contributed by atoms with E-state index in [1.807, 2.05) is 248 Å². The van der Waals surface area contributed by atoms with Crippen molar-refractivity contribution >= 4 is 0 Å². The number of furan rings is 1. The molecule has 1 saturated carbocycles. The fourth-order valence-corrected chi connectivity index (χ4v) is 12.0. The van der Waals surface area contributed by atoms with Gasteiger partial charge in [-0.2, -0.15) is 0 Å². The van der Waals surface area contributed by atoms with E-state index in [1.165, 1.54) is 29.2 Å². The van der Waals surface area contributed by atoms with E-state index in [0.717, 1.165) is 72.8 Å². The zero-order chi connectivity index (χ0) is 106. The quantitative estimate of drug-likeness (QED) is 0.0152. The van der Waals surface area contributed by atoms with Crippen LogP contribution in [-0.4, -0.2) is 254 Å². The second kappa shape index (κ2) is 86.2. The summed E-state index contributed by atoms with van der Waals surface area (Å²) in [5.74, 6) is 5.15. The smallest absolute Gasteiger partial charge is 0.199 e. The predicted octanol–water partition coefficient (Wildman–Crippen LogP) is 25.5. The lowest BCUT2D eigenvalue weighted by Gasteiger charge is -2.30. The highest BCUT2D eigenvalue weighted by Gasteiger charge is 2.25. The SMILES string of the molecule is CC(C)OC1CCC(OC(C)C)CC1.CC(C)OCCOC(C)C.CC(C)OCCOc1cc(CCOOC(C)C)cc(OCCOC(C)C)c1.CC(C)OCCOc1ccc(C(C)(C)c2ccc(CCOOC(C)C)cc2)cc1.CC(C)OCCOc1cccc(OCCOC(C)C)c1.CC(C)OCCOc1cocc1OCCOC(C)C.CC(C)OCOC(C)C.CCC(COC(C)C)OC(C)C. The Morgan fingerprint density at radius 2 is 0.557 bits per heavy atom. The second-order valence-electron chi connectivity index (χ2n) is 38.8. The van der Waals surface area contributed by atoms with Gasteiger partial charge in [0.05, 0.1) is 201 Å². The van der Waals surface area contributed by atoms with Gasteiger partial charge in [0.2, 0.25) is 0 Å². The molecule has 5 aromatic rings. The summed E-state index contributed by atoms with van der Waals surface area (Å²) in [5, 5.41) is 0. The number of hydrogen-bond acceptors (Lipinski definition) is 27. The molecule has 1 aromatic heterocycles. The van der Waals surface area contributed by atoms with E-state index in [-0.39, 0.29) is 78.7 Å². The molecule has 1 heterocycles. The Morgan fingerprint density at radius 3 is 0.857 bits per heavy atom. The first-order valence-electron chi connectivity index (χ1n) is 52.0. The van der Waals surface area contributed by atoms with Crippen LogP contribution in [0.25, 0.3) is 0 Å². The van der Waals surface area contributed by atoms with Crippen molar-refractivity contribution in [3.05, 3.63) is 126 Å². The van der Waals surface area contributed by atoms with E-state index in [4.69, 9.17) is 128 Å². The molecular weight excluding hydrogens is 1790 g/mol. The zero-order valence-electron chi connectivity index (χ0n) is 94.5. The van der Waals surface area contributed by atoms with E-state index in [1.54, 1.807) is 0 Å². The van der Waals surface area contributed by atoms with Crippen molar-refractivity contribution in [1.29, 1.82) is 0 Å². The topological polar surface area (TPSA) is 253 Å². The first kappa shape index (κ1) is 136. The Kier molecular flexibility index (Phi) is 83.7. The summed E-state index contributed by atoms with van der Waals surface area (Å²) in [5.41, 5.74) is 4.74. The molecule has 0 radical (unpaired) electrons. The molecule has 0 bridgehead atoms. The predicted molar refractivity (Wildman–Crippen MR) is 564 cm³/mol. The maximum atomic E-state index is 5.82. The number of hydrogen-bond donors (Lipinski definition) is 0. The van der Waals surface area contributed by atoms with E-state index < -0.39 is 0 Å². The summed E-state index contributed by atoms with van der Waals surface area (Å²) in [7, 11) is 0. The Morgan fingerprint density at radius 1 is 0.271 bits per heavy atom. The number of ether oxygens (including phenoxy) is 22. The maximum Gasteiger partial charge on any atom is 0.199 e. The Balaban J connectivity index is 0. The van der Waals surface area contributed by atoms with E-state index in [2.05, 4.69) is 98.7 Å². The zero-order valence-corrected chi connectivity index (χ0v) is 94.5. The van der Waals surface area contributed by atoms with Gasteiger partial charge in [-0.15, -0.1) is 0 Å². The summed E-state index contributed by atoms with van der Waals surface area (Å²) < 4.78 is 126. The fourth-order valence-electron chi connectivity index (χ4n) is 12.0. The minimum absolute atomic E-state index is 0.0421. The summed E-state index contributed by atoms with van der Waals surface area (Å²) in [6.07, 6.45) is 15.6. The van der Waals surface area contributed by atoms with Crippen LogP contribution >= 0.6 is 0 Å². The maximum absolute atomic E-state index is 5.82. The lowest BCUT2D eigenvalue weighted by atomic mass is 9.78. The van der Waals surface area contributed by atoms with Crippen molar-refractivity contribution in [2.24, 2.45) is 0 Å². The molecular formula is C113H202O27. The second-order valence-corrected chi connectivity index (χ2v) is 38.8. The molecule has 27 nitrogen and oxygen atoms in total. The average Bonchev–Trinajstić information content (AvgIpc) is 0.920. The highest BCUT2D eigenvalue weighted by atomic mass is 17.2. The molecule has 0 amide bonds. The van der Waals surface area contributed by atoms with Crippen LogP contribution in [0.15, 0.2) is 108 Å². The van der Waals surface area contributed by atoms with Crippen molar-refractivity contribution in [3.63, 3.8) is 0 Å². The van der Waals surface area contributed by atoms with Gasteiger partial charge >= 0.3 is 0 Å². The summed E-state index contributed by atoms with van der Waals surface area (Å²) in [6, 6.07) is 30.6. The molecule has 0 N–H and O–H groups in total. The third kappa shape index (κ3) is 85.3. The van der Waals surface area contributed by atoms with Crippen LogP contribution in [0.2, 0.25) is 0 Å². The van der Waals surface area contributed by atoms with E-state index in [0.29, 0.717) is 199 Å². The lowest BCUT2D eigenvalue weighted by molar-refractivity contribution is -0.316. The van der Waals surface area contributed by atoms with Crippen LogP contribution in [-0.2, 0) is 109 Å². The van der Waals surface area contributed by atoms with E-state index >= 15 is 0 Å². The molecule has 27 heteroatoms. The van der Waals surface area contributed by atoms with Gasteiger partial charge in [-0.05, 0) is 339 Å². The van der Waals surface area contributed by atoms with Gasteiger partial charge in [0.1, 0.15) is 94.3 Å². The van der Waals surface area contributed by atoms with Gasteiger partial charge in [0.25, 0.3) is 0 Å². The normalized spacial score (nSPS) is 13.5. The van der Waals surface area contributed by atoms with Crippen LogP contribution in [0.5, 0.6) is 40.2 Å². The molecule has 1 fully saturated rings. The van der Waals surface area contributed by atoms with Crippen LogP contribution in [0.1, 0.15) is 311 Å². The van der Waals surface area contributed by atoms with Crippen molar-refractivity contribution in [2.75, 3.05) is 132 Å². The molecule has 816 valence electrons. The Bertz CT molecular complexity index is 3270. The molecule has 0 saturated heterocycles. The van der Waals surface area contributed by atoms with E-state index in [9.17, 15) is 0 Å². The molecule has 1 unspecified atom stereocenters. The van der Waals surface area contributed by atoms with Crippen LogP contribution in [0.4, 0.5) is 0 Å². The van der Waals surface area contributed by atoms with Crippen LogP contribution in [0.3, 0.4) is 0 Å². The number of rotatable bonds is 66. The minimum Gasteiger partial charge on any atom is -0.491 e. The summed E-state index contributed by atoms with van der Waals surface area (Å²) >= 11 is 0. The third-order valence-electron chi connectivity index (χ3n) is 18.5. The van der Waals surface area contributed by atoms with Gasteiger partial charge in [-0.25, -0.2) is 19.6 Å². The molecule has 140 heavy (non-hydrogen) atoms. The molecule has 1 aliphatic rings. The average molecular weight is 1990 g/mol. The monoisotopic (exact) mass is 1990 g/mol. The van der Waals surface area contributed by atoms with Gasteiger partial charge in [-0.3, -0.25) is 0 Å². The third-order valence-corrected chi connectivity index (χ3v) is 18.5. The van der Waals surface area contributed by atoms with Gasteiger partial charge < -0.3 is 109 Å². The van der Waals surface area contributed by atoms with Crippen molar-refractivity contribution in [3.8, 4) is 40.2 Å².